The zero-order valence-corrected chi connectivity index (χ0v) is 15.0. The fraction of sp³-hybridized carbons (Fsp3) is 0.444. The van der Waals surface area contributed by atoms with Crippen molar-refractivity contribution in [1.29, 1.82) is 0 Å². The minimum absolute atomic E-state index is 0.0246. The lowest BCUT2D eigenvalue weighted by atomic mass is 10.0. The number of carbonyl (C=O) groups is 1. The molecule has 0 unspecified atom stereocenters. The Morgan fingerprint density at radius 3 is 2.65 bits per heavy atom. The molecule has 1 fully saturated rings. The van der Waals surface area contributed by atoms with Gasteiger partial charge < -0.3 is 14.8 Å². The van der Waals surface area contributed by atoms with E-state index in [0.29, 0.717) is 17.3 Å². The van der Waals surface area contributed by atoms with E-state index in [2.05, 4.69) is 14.9 Å². The number of benzene rings is 1. The summed E-state index contributed by atoms with van der Waals surface area (Å²) < 4.78 is 2.09. The predicted molar refractivity (Wildman–Crippen MR) is 98.4 cm³/mol. The molecule has 1 amide bonds. The maximum atomic E-state index is 12.1. The number of nitro groups is 1. The molecule has 26 heavy (non-hydrogen) atoms. The number of imidazole rings is 1. The number of nitro benzene ring substituents is 1. The molecule has 2 heterocycles. The van der Waals surface area contributed by atoms with E-state index in [-0.39, 0.29) is 17.6 Å². The molecule has 0 spiro atoms. The third-order valence-electron chi connectivity index (χ3n) is 4.61. The Hall–Kier alpha value is -2.90. The Morgan fingerprint density at radius 1 is 1.35 bits per heavy atom. The van der Waals surface area contributed by atoms with Gasteiger partial charge in [-0.15, -0.1) is 0 Å². The molecule has 1 saturated heterocycles. The van der Waals surface area contributed by atoms with Gasteiger partial charge in [-0.2, -0.15) is 0 Å². The first kappa shape index (κ1) is 17.9. The van der Waals surface area contributed by atoms with Crippen LogP contribution in [-0.2, 0) is 0 Å². The highest BCUT2D eigenvalue weighted by atomic mass is 16.6. The number of hydrogen-bond acceptors (Lipinski definition) is 5. The van der Waals surface area contributed by atoms with Gasteiger partial charge in [0.25, 0.3) is 11.6 Å². The lowest BCUT2D eigenvalue weighted by Crippen LogP contribution is -2.35. The summed E-state index contributed by atoms with van der Waals surface area (Å²) in [4.78, 5) is 29.4. The van der Waals surface area contributed by atoms with Gasteiger partial charge in [0.05, 0.1) is 11.3 Å². The van der Waals surface area contributed by atoms with Gasteiger partial charge in [0.15, 0.2) is 0 Å². The molecule has 0 radical (unpaired) electrons. The van der Waals surface area contributed by atoms with Gasteiger partial charge >= 0.3 is 0 Å². The number of nitrogens with zero attached hydrogens (tertiary/aromatic N) is 4. The van der Waals surface area contributed by atoms with Crippen molar-refractivity contribution in [3.05, 3.63) is 52.6 Å². The standard InChI is InChI=1S/C18H23N5O3/c1-13(2)20-18(24)14-3-4-16(17(11-14)23(25)26)21-8-5-15(6-9-21)22-10-7-19-12-22/h3-4,7,10-13,15H,5-6,8-9H2,1-2H3,(H,20,24). The molecule has 0 aliphatic carbocycles. The lowest BCUT2D eigenvalue weighted by molar-refractivity contribution is -0.384. The first-order valence-corrected chi connectivity index (χ1v) is 8.77. The molecule has 1 aromatic carbocycles. The van der Waals surface area contributed by atoms with E-state index in [0.717, 1.165) is 25.9 Å². The SMILES string of the molecule is CC(C)NC(=O)c1ccc(N2CCC(n3ccnc3)CC2)c([N+](=O)[O-])c1. The fourth-order valence-corrected chi connectivity index (χ4v) is 3.31. The van der Waals surface area contributed by atoms with Crippen LogP contribution in [0.2, 0.25) is 0 Å². The third-order valence-corrected chi connectivity index (χ3v) is 4.61. The Bertz CT molecular complexity index is 780. The van der Waals surface area contributed by atoms with Gasteiger partial charge in [-0.25, -0.2) is 4.98 Å². The molecule has 1 N–H and O–H groups in total. The van der Waals surface area contributed by atoms with E-state index < -0.39 is 4.92 Å². The number of piperidine rings is 1. The number of anilines is 1. The summed E-state index contributed by atoms with van der Waals surface area (Å²) >= 11 is 0. The number of amides is 1. The Labute approximate surface area is 152 Å². The van der Waals surface area contributed by atoms with E-state index in [1.165, 1.54) is 6.07 Å². The van der Waals surface area contributed by atoms with Gasteiger partial charge in [-0.05, 0) is 38.8 Å². The van der Waals surface area contributed by atoms with E-state index in [1.54, 1.807) is 18.3 Å². The highest BCUT2D eigenvalue weighted by molar-refractivity contribution is 5.96. The van der Waals surface area contributed by atoms with E-state index >= 15 is 0 Å². The number of hydrogen-bond donors (Lipinski definition) is 1. The lowest BCUT2D eigenvalue weighted by Gasteiger charge is -2.33. The molecule has 1 aliphatic heterocycles. The van der Waals surface area contributed by atoms with Gasteiger partial charge in [-0.3, -0.25) is 14.9 Å². The molecule has 0 bridgehead atoms. The topological polar surface area (TPSA) is 93.3 Å². The first-order chi connectivity index (χ1) is 12.5. The summed E-state index contributed by atoms with van der Waals surface area (Å²) in [5, 5.41) is 14.3. The van der Waals surface area contributed by atoms with E-state index in [1.807, 2.05) is 31.3 Å². The molecule has 0 saturated carbocycles. The van der Waals surface area contributed by atoms with E-state index in [9.17, 15) is 14.9 Å². The highest BCUT2D eigenvalue weighted by Crippen LogP contribution is 2.33. The Balaban J connectivity index is 1.77. The second kappa shape index (κ2) is 7.55. The molecular formula is C18H23N5O3. The van der Waals surface area contributed by atoms with Crippen LogP contribution < -0.4 is 10.2 Å². The van der Waals surface area contributed by atoms with Crippen LogP contribution in [0.15, 0.2) is 36.9 Å². The average Bonchev–Trinajstić information content (AvgIpc) is 3.15. The molecule has 0 atom stereocenters. The maximum absolute atomic E-state index is 12.1. The van der Waals surface area contributed by atoms with Crippen LogP contribution in [0.3, 0.4) is 0 Å². The van der Waals surface area contributed by atoms with Crippen molar-refractivity contribution >= 4 is 17.3 Å². The van der Waals surface area contributed by atoms with Crippen molar-refractivity contribution < 1.29 is 9.72 Å². The number of carbonyl (C=O) groups excluding carboxylic acids is 1. The quantitative estimate of drug-likeness (QED) is 0.656. The van der Waals surface area contributed by atoms with Crippen LogP contribution in [-0.4, -0.2) is 39.5 Å². The molecule has 138 valence electrons. The van der Waals surface area contributed by atoms with Gasteiger partial charge in [0.1, 0.15) is 5.69 Å². The van der Waals surface area contributed by atoms with Crippen molar-refractivity contribution in [2.45, 2.75) is 38.8 Å². The summed E-state index contributed by atoms with van der Waals surface area (Å²) in [6.45, 7) is 5.15. The fourth-order valence-electron chi connectivity index (χ4n) is 3.31. The maximum Gasteiger partial charge on any atom is 0.293 e. The summed E-state index contributed by atoms with van der Waals surface area (Å²) in [6.07, 6.45) is 7.31. The second-order valence-corrected chi connectivity index (χ2v) is 6.82. The van der Waals surface area contributed by atoms with Crippen molar-refractivity contribution in [1.82, 2.24) is 14.9 Å². The van der Waals surface area contributed by atoms with Crippen LogP contribution in [0.1, 0.15) is 43.1 Å². The van der Waals surface area contributed by atoms with Crippen molar-refractivity contribution in [3.8, 4) is 0 Å². The van der Waals surface area contributed by atoms with Crippen LogP contribution in [0.25, 0.3) is 0 Å². The van der Waals surface area contributed by atoms with E-state index in [4.69, 9.17) is 0 Å². The number of nitrogens with one attached hydrogen (secondary N) is 1. The number of rotatable bonds is 5. The van der Waals surface area contributed by atoms with Gasteiger partial charge in [0, 0.05) is 49.2 Å². The summed E-state index contributed by atoms with van der Waals surface area (Å²) in [5.74, 6) is -0.298. The molecule has 2 aromatic rings. The molecule has 3 rings (SSSR count). The molecule has 8 heteroatoms. The van der Waals surface area contributed by atoms with Gasteiger partial charge in [-0.1, -0.05) is 0 Å². The summed E-state index contributed by atoms with van der Waals surface area (Å²) in [5.41, 5.74) is 0.852. The first-order valence-electron chi connectivity index (χ1n) is 8.77. The zero-order valence-electron chi connectivity index (χ0n) is 15.0. The van der Waals surface area contributed by atoms with Crippen LogP contribution in [0, 0.1) is 10.1 Å². The predicted octanol–water partition coefficient (Wildman–Crippen LogP) is 2.77. The largest absolute Gasteiger partial charge is 0.366 e. The van der Waals surface area contributed by atoms with Crippen LogP contribution in [0.5, 0.6) is 0 Å². The average molecular weight is 357 g/mol. The van der Waals surface area contributed by atoms with Crippen molar-refractivity contribution in [2.24, 2.45) is 0 Å². The minimum atomic E-state index is -0.413. The van der Waals surface area contributed by atoms with Crippen molar-refractivity contribution in [2.75, 3.05) is 18.0 Å². The van der Waals surface area contributed by atoms with Crippen molar-refractivity contribution in [3.63, 3.8) is 0 Å². The number of aromatic nitrogens is 2. The third kappa shape index (κ3) is 3.84. The summed E-state index contributed by atoms with van der Waals surface area (Å²) in [6, 6.07) is 5.05. The molecule has 1 aliphatic rings. The molecular weight excluding hydrogens is 334 g/mol. The second-order valence-electron chi connectivity index (χ2n) is 6.82. The van der Waals surface area contributed by atoms with Crippen LogP contribution >= 0.6 is 0 Å². The monoisotopic (exact) mass is 357 g/mol. The highest BCUT2D eigenvalue weighted by Gasteiger charge is 2.26. The normalized spacial score (nSPS) is 15.3. The summed E-state index contributed by atoms with van der Waals surface area (Å²) in [7, 11) is 0. The molecule has 1 aromatic heterocycles. The zero-order chi connectivity index (χ0) is 18.7. The minimum Gasteiger partial charge on any atom is -0.366 e. The molecule has 8 nitrogen and oxygen atoms in total. The van der Waals surface area contributed by atoms with Crippen LogP contribution in [0.4, 0.5) is 11.4 Å². The Kier molecular flexibility index (Phi) is 5.20. The smallest absolute Gasteiger partial charge is 0.293 e. The Morgan fingerprint density at radius 2 is 2.08 bits per heavy atom. The van der Waals surface area contributed by atoms with Gasteiger partial charge in [0.2, 0.25) is 0 Å².